The number of hydrogen-bond acceptors (Lipinski definition) is 11. The topological polar surface area (TPSA) is 175 Å². The fourth-order valence-corrected chi connectivity index (χ4v) is 8.14. The van der Waals surface area contributed by atoms with Gasteiger partial charge in [-0.3, -0.25) is 14.4 Å². The summed E-state index contributed by atoms with van der Waals surface area (Å²) in [4.78, 5) is 50.9. The molecule has 69 heavy (non-hydrogen) atoms. The average Bonchev–Trinajstić information content (AvgIpc) is 3.33. The maximum Gasteiger partial charge on any atom is 0.335 e. The molecule has 0 aromatic heterocycles. The van der Waals surface area contributed by atoms with E-state index >= 15 is 0 Å². The quantitative estimate of drug-likeness (QED) is 0.0228. The Morgan fingerprint density at radius 3 is 1.43 bits per heavy atom. The summed E-state index contributed by atoms with van der Waals surface area (Å²) in [6.07, 6.45) is 40.9. The van der Waals surface area contributed by atoms with Gasteiger partial charge >= 0.3 is 23.9 Å². The minimum absolute atomic E-state index is 0.0488. The Kier molecular flexibility index (Phi) is 42.3. The molecule has 0 amide bonds. The minimum atomic E-state index is -1.91. The molecule has 3 N–H and O–H groups in total. The van der Waals surface area contributed by atoms with Gasteiger partial charge in [0.15, 0.2) is 24.6 Å². The molecular weight excluding hydrogens is 877 g/mol. The highest BCUT2D eigenvalue weighted by Gasteiger charge is 2.50. The van der Waals surface area contributed by atoms with Crippen molar-refractivity contribution < 1.29 is 58.2 Å². The molecule has 0 spiro atoms. The first-order valence-electron chi connectivity index (χ1n) is 27.6. The first kappa shape index (κ1) is 63.7. The van der Waals surface area contributed by atoms with E-state index in [-0.39, 0.29) is 25.9 Å². The zero-order chi connectivity index (χ0) is 50.4. The molecule has 0 bridgehead atoms. The van der Waals surface area contributed by atoms with Gasteiger partial charge in [-0.05, 0) is 77.0 Å². The number of carboxylic acid groups (broad SMARTS) is 1. The Morgan fingerprint density at radius 2 is 0.913 bits per heavy atom. The third kappa shape index (κ3) is 36.3. The molecule has 12 nitrogen and oxygen atoms in total. The summed E-state index contributed by atoms with van der Waals surface area (Å²) >= 11 is 0. The molecular formula is C57H98O12. The van der Waals surface area contributed by atoms with Gasteiger partial charge in [0.1, 0.15) is 18.8 Å². The van der Waals surface area contributed by atoms with Crippen LogP contribution in [0.2, 0.25) is 0 Å². The van der Waals surface area contributed by atoms with E-state index in [4.69, 9.17) is 23.7 Å². The number of allylic oxidation sites excluding steroid dienone is 8. The predicted molar refractivity (Wildman–Crippen MR) is 276 cm³/mol. The predicted octanol–water partition coefficient (Wildman–Crippen LogP) is 13.4. The summed E-state index contributed by atoms with van der Waals surface area (Å²) in [7, 11) is 0. The van der Waals surface area contributed by atoms with Gasteiger partial charge in [0.25, 0.3) is 0 Å². The fraction of sp³-hybridized carbons (Fsp3) is 0.789. The lowest BCUT2D eigenvalue weighted by atomic mass is 9.98. The van der Waals surface area contributed by atoms with Crippen LogP contribution in [0.25, 0.3) is 0 Å². The maximum atomic E-state index is 13.1. The molecule has 6 atom stereocenters. The largest absolute Gasteiger partial charge is 0.479 e. The summed E-state index contributed by atoms with van der Waals surface area (Å²) in [5.74, 6) is -3.16. The van der Waals surface area contributed by atoms with E-state index in [0.29, 0.717) is 19.3 Å². The van der Waals surface area contributed by atoms with Crippen molar-refractivity contribution in [2.75, 3.05) is 13.2 Å². The number of hydrogen-bond donors (Lipinski definition) is 3. The highest BCUT2D eigenvalue weighted by Crippen LogP contribution is 2.26. The second-order valence-electron chi connectivity index (χ2n) is 18.8. The molecule has 12 heteroatoms. The zero-order valence-corrected chi connectivity index (χ0v) is 43.6. The second-order valence-corrected chi connectivity index (χ2v) is 18.8. The molecule has 1 aliphatic rings. The van der Waals surface area contributed by atoms with Crippen LogP contribution in [-0.2, 0) is 42.9 Å². The zero-order valence-electron chi connectivity index (χ0n) is 43.6. The Balaban J connectivity index is 2.74. The Bertz CT molecular complexity index is 1390. The van der Waals surface area contributed by atoms with Crippen molar-refractivity contribution in [3.05, 3.63) is 48.6 Å². The minimum Gasteiger partial charge on any atom is -0.479 e. The lowest BCUT2D eigenvalue weighted by Crippen LogP contribution is -2.61. The first-order chi connectivity index (χ1) is 33.6. The average molecular weight is 975 g/mol. The van der Waals surface area contributed by atoms with Crippen LogP contribution in [0.3, 0.4) is 0 Å². The monoisotopic (exact) mass is 975 g/mol. The SMILES string of the molecule is CC/C=C\C/C=C\C/C=C\CCCCCC(=O)OCC(COC1OC(C(=O)O)C(O)C(O)C1OC(=O)CCCCCCC/C=C\CCCCCC)OC(=O)CCCCCCCCCCCCCCC. The summed E-state index contributed by atoms with van der Waals surface area (Å²) in [5.41, 5.74) is 0. The summed E-state index contributed by atoms with van der Waals surface area (Å²) in [5, 5.41) is 31.4. The number of carbonyl (C=O) groups is 4. The number of esters is 3. The Morgan fingerprint density at radius 1 is 0.493 bits per heavy atom. The van der Waals surface area contributed by atoms with Crippen LogP contribution >= 0.6 is 0 Å². The number of unbranched alkanes of at least 4 members (excludes halogenated alkanes) is 24. The van der Waals surface area contributed by atoms with Crippen molar-refractivity contribution >= 4 is 23.9 Å². The van der Waals surface area contributed by atoms with Gasteiger partial charge in [-0.15, -0.1) is 0 Å². The summed E-state index contributed by atoms with van der Waals surface area (Å²) < 4.78 is 28.3. The van der Waals surface area contributed by atoms with E-state index in [9.17, 15) is 34.5 Å². The van der Waals surface area contributed by atoms with Gasteiger partial charge < -0.3 is 39.0 Å². The van der Waals surface area contributed by atoms with Crippen LogP contribution in [0.4, 0.5) is 0 Å². The van der Waals surface area contributed by atoms with Crippen LogP contribution in [-0.4, -0.2) is 89.2 Å². The fourth-order valence-electron chi connectivity index (χ4n) is 8.14. The normalized spacial score (nSPS) is 19.0. The van der Waals surface area contributed by atoms with E-state index < -0.39 is 67.3 Å². The van der Waals surface area contributed by atoms with Gasteiger partial charge in [-0.25, -0.2) is 4.79 Å². The molecule has 0 saturated carbocycles. The van der Waals surface area contributed by atoms with Crippen LogP contribution in [0, 0.1) is 0 Å². The van der Waals surface area contributed by atoms with Crippen molar-refractivity contribution in [1.82, 2.24) is 0 Å². The smallest absolute Gasteiger partial charge is 0.335 e. The van der Waals surface area contributed by atoms with Crippen molar-refractivity contribution in [3.8, 4) is 0 Å². The second kappa shape index (κ2) is 45.8. The van der Waals surface area contributed by atoms with Crippen LogP contribution in [0.1, 0.15) is 239 Å². The van der Waals surface area contributed by atoms with E-state index in [1.807, 2.05) is 0 Å². The third-order valence-electron chi connectivity index (χ3n) is 12.4. The highest BCUT2D eigenvalue weighted by atomic mass is 16.7. The number of rotatable bonds is 46. The number of aliphatic hydroxyl groups excluding tert-OH is 2. The van der Waals surface area contributed by atoms with Gasteiger partial charge in [-0.1, -0.05) is 191 Å². The number of carbonyl (C=O) groups excluding carboxylic acids is 3. The molecule has 0 aromatic rings. The van der Waals surface area contributed by atoms with Gasteiger partial charge in [-0.2, -0.15) is 0 Å². The molecule has 0 aromatic carbocycles. The Hall–Kier alpha value is -3.32. The molecule has 1 aliphatic heterocycles. The summed E-state index contributed by atoms with van der Waals surface area (Å²) in [6, 6.07) is 0. The standard InChI is InChI=1S/C57H98O12/c1-4-7-10-13-16-19-22-25-28-31-34-37-40-43-49(58)65-46-48(67-50(59)44-41-38-35-32-29-26-23-20-17-14-11-8-5-2)47-66-57-55(53(62)52(61)54(69-57)56(63)64)68-51(60)45-42-39-36-33-30-27-24-21-18-15-12-9-6-3/h7,10,16,19,21,24-25,28,48,52-55,57,61-62H,4-6,8-9,11-15,17-18,20,22-23,26-27,29-47H2,1-3H3,(H,63,64)/b10-7-,19-16-,24-21-,28-25-. The molecule has 6 unspecified atom stereocenters. The van der Waals surface area contributed by atoms with Gasteiger partial charge in [0.05, 0.1) is 6.61 Å². The maximum absolute atomic E-state index is 13.1. The first-order valence-corrected chi connectivity index (χ1v) is 27.6. The van der Waals surface area contributed by atoms with E-state index in [1.165, 1.54) is 83.5 Å². The molecule has 1 heterocycles. The highest BCUT2D eigenvalue weighted by molar-refractivity contribution is 5.74. The van der Waals surface area contributed by atoms with Crippen LogP contribution in [0.5, 0.6) is 0 Å². The molecule has 398 valence electrons. The van der Waals surface area contributed by atoms with Crippen molar-refractivity contribution in [2.45, 2.75) is 276 Å². The van der Waals surface area contributed by atoms with Gasteiger partial charge in [0, 0.05) is 19.3 Å². The molecule has 1 saturated heterocycles. The van der Waals surface area contributed by atoms with E-state index in [1.54, 1.807) is 0 Å². The van der Waals surface area contributed by atoms with Crippen molar-refractivity contribution in [1.29, 1.82) is 0 Å². The van der Waals surface area contributed by atoms with Gasteiger partial charge in [0.2, 0.25) is 0 Å². The van der Waals surface area contributed by atoms with E-state index in [0.717, 1.165) is 96.3 Å². The van der Waals surface area contributed by atoms with Crippen LogP contribution in [0.15, 0.2) is 48.6 Å². The molecule has 1 fully saturated rings. The van der Waals surface area contributed by atoms with E-state index in [2.05, 4.69) is 69.4 Å². The number of carboxylic acids is 1. The van der Waals surface area contributed by atoms with Crippen molar-refractivity contribution in [3.63, 3.8) is 0 Å². The molecule has 0 aliphatic carbocycles. The Labute approximate surface area is 418 Å². The number of aliphatic carboxylic acids is 1. The molecule has 1 rings (SSSR count). The molecule has 0 radical (unpaired) electrons. The third-order valence-corrected chi connectivity index (χ3v) is 12.4. The number of ether oxygens (including phenoxy) is 5. The lowest BCUT2D eigenvalue weighted by molar-refractivity contribution is -0.301. The summed E-state index contributed by atoms with van der Waals surface area (Å²) in [6.45, 7) is 5.82. The number of aliphatic hydroxyl groups is 2. The van der Waals surface area contributed by atoms with Crippen LogP contribution < -0.4 is 0 Å². The van der Waals surface area contributed by atoms with Crippen molar-refractivity contribution in [2.24, 2.45) is 0 Å². The lowest BCUT2D eigenvalue weighted by Gasteiger charge is -2.40.